The molecule has 21 heavy (non-hydrogen) atoms. The van der Waals surface area contributed by atoms with E-state index >= 15 is 0 Å². The zero-order valence-electron chi connectivity index (χ0n) is 13.3. The molecule has 1 aromatic carbocycles. The molecule has 1 N–H and O–H groups in total. The molecule has 0 atom stereocenters. The molecule has 6 heteroatoms. The molecule has 0 fully saturated rings. The van der Waals surface area contributed by atoms with E-state index in [1.165, 1.54) is 11.4 Å². The minimum atomic E-state index is -3.51. The van der Waals surface area contributed by atoms with E-state index in [0.29, 0.717) is 25.4 Å². The van der Waals surface area contributed by atoms with Gasteiger partial charge in [0.15, 0.2) is 0 Å². The minimum absolute atomic E-state index is 0.237. The van der Waals surface area contributed by atoms with Crippen LogP contribution in [0.3, 0.4) is 0 Å². The van der Waals surface area contributed by atoms with Crippen molar-refractivity contribution < 1.29 is 13.2 Å². The predicted molar refractivity (Wildman–Crippen MR) is 85.1 cm³/mol. The van der Waals surface area contributed by atoms with Gasteiger partial charge in [-0.15, -0.1) is 0 Å². The van der Waals surface area contributed by atoms with E-state index in [-0.39, 0.29) is 4.90 Å². The summed E-state index contributed by atoms with van der Waals surface area (Å²) in [6, 6.07) is 5.26. The van der Waals surface area contributed by atoms with Gasteiger partial charge >= 0.3 is 0 Å². The summed E-state index contributed by atoms with van der Waals surface area (Å²) in [6.45, 7) is 8.37. The summed E-state index contributed by atoms with van der Waals surface area (Å²) in [5.41, 5.74) is 1.01. The average Bonchev–Trinajstić information content (AvgIpc) is 2.49. The third kappa shape index (κ3) is 4.43. The van der Waals surface area contributed by atoms with Gasteiger partial charge in [-0.25, -0.2) is 8.42 Å². The van der Waals surface area contributed by atoms with E-state index in [4.69, 9.17) is 4.74 Å². The highest BCUT2D eigenvalue weighted by Crippen LogP contribution is 2.28. The lowest BCUT2D eigenvalue weighted by atomic mass is 10.2. The van der Waals surface area contributed by atoms with Crippen molar-refractivity contribution in [2.45, 2.75) is 38.6 Å². The van der Waals surface area contributed by atoms with Crippen LogP contribution in [0.4, 0.5) is 0 Å². The molecule has 0 saturated heterocycles. The molecule has 0 bridgehead atoms. The van der Waals surface area contributed by atoms with Crippen LogP contribution in [0.5, 0.6) is 5.75 Å². The van der Waals surface area contributed by atoms with Crippen LogP contribution < -0.4 is 10.1 Å². The summed E-state index contributed by atoms with van der Waals surface area (Å²) in [5, 5.41) is 3.21. The Kier molecular flexibility index (Phi) is 7.14. The van der Waals surface area contributed by atoms with Crippen LogP contribution in [0.1, 0.15) is 32.8 Å². The van der Waals surface area contributed by atoms with Crippen molar-refractivity contribution in [2.75, 3.05) is 26.7 Å². The van der Waals surface area contributed by atoms with Crippen molar-refractivity contribution in [2.24, 2.45) is 0 Å². The topological polar surface area (TPSA) is 58.6 Å². The first-order chi connectivity index (χ1) is 10.0. The van der Waals surface area contributed by atoms with Gasteiger partial charge in [0.2, 0.25) is 10.0 Å². The molecule has 0 spiro atoms. The molecule has 1 aromatic rings. The average molecular weight is 314 g/mol. The second-order valence-corrected chi connectivity index (χ2v) is 6.67. The summed E-state index contributed by atoms with van der Waals surface area (Å²) in [7, 11) is -2.00. The van der Waals surface area contributed by atoms with E-state index in [2.05, 4.69) is 5.32 Å². The lowest BCUT2D eigenvalue weighted by molar-refractivity contribution is 0.392. The molecule has 120 valence electrons. The molecule has 5 nitrogen and oxygen atoms in total. The van der Waals surface area contributed by atoms with E-state index in [1.807, 2.05) is 26.8 Å². The van der Waals surface area contributed by atoms with Gasteiger partial charge in [0.1, 0.15) is 10.6 Å². The first-order valence-electron chi connectivity index (χ1n) is 7.38. The number of sulfonamides is 1. The van der Waals surface area contributed by atoms with Gasteiger partial charge in [0, 0.05) is 19.6 Å². The van der Waals surface area contributed by atoms with Crippen LogP contribution in [0.15, 0.2) is 23.1 Å². The van der Waals surface area contributed by atoms with Crippen LogP contribution in [0.2, 0.25) is 0 Å². The molecule has 0 amide bonds. The second kappa shape index (κ2) is 8.36. The zero-order chi connectivity index (χ0) is 15.9. The molecule has 0 heterocycles. The lowest BCUT2D eigenvalue weighted by Crippen LogP contribution is -2.31. The maximum Gasteiger partial charge on any atom is 0.246 e. The molecule has 0 aliphatic rings. The second-order valence-electron chi connectivity index (χ2n) is 4.76. The molecular formula is C15H26N2O3S. The number of hydrogen-bond donors (Lipinski definition) is 1. The van der Waals surface area contributed by atoms with E-state index in [0.717, 1.165) is 18.5 Å². The number of nitrogens with zero attached hydrogens (tertiary/aromatic N) is 1. The first kappa shape index (κ1) is 17.9. The Hall–Kier alpha value is -1.11. The summed E-state index contributed by atoms with van der Waals surface area (Å²) < 4.78 is 32.1. The quantitative estimate of drug-likeness (QED) is 0.759. The number of rotatable bonds is 9. The lowest BCUT2D eigenvalue weighted by Gasteiger charge is -2.21. The number of methoxy groups -OCH3 is 1. The van der Waals surface area contributed by atoms with Gasteiger partial charge in [-0.3, -0.25) is 0 Å². The largest absolute Gasteiger partial charge is 0.495 e. The van der Waals surface area contributed by atoms with E-state index < -0.39 is 10.0 Å². The normalized spacial score (nSPS) is 11.9. The monoisotopic (exact) mass is 314 g/mol. The fourth-order valence-corrected chi connectivity index (χ4v) is 3.82. The van der Waals surface area contributed by atoms with Crippen LogP contribution in [0, 0.1) is 0 Å². The molecule has 0 aliphatic heterocycles. The summed E-state index contributed by atoms with van der Waals surface area (Å²) >= 11 is 0. The number of nitrogens with one attached hydrogen (secondary N) is 1. The molecular weight excluding hydrogens is 288 g/mol. The Morgan fingerprint density at radius 1 is 1.24 bits per heavy atom. The fraction of sp³-hybridized carbons (Fsp3) is 0.600. The Bertz CT molecular complexity index is 544. The highest BCUT2D eigenvalue weighted by molar-refractivity contribution is 7.89. The minimum Gasteiger partial charge on any atom is -0.495 e. The fourth-order valence-electron chi connectivity index (χ4n) is 2.14. The van der Waals surface area contributed by atoms with Crippen molar-refractivity contribution in [3.63, 3.8) is 0 Å². The van der Waals surface area contributed by atoms with Crippen molar-refractivity contribution in [3.8, 4) is 5.75 Å². The number of ether oxygens (including phenoxy) is 1. The highest BCUT2D eigenvalue weighted by atomic mass is 32.2. The summed E-state index contributed by atoms with van der Waals surface area (Å²) in [5.74, 6) is 0.403. The Morgan fingerprint density at radius 2 is 1.95 bits per heavy atom. The van der Waals surface area contributed by atoms with Gasteiger partial charge in [-0.05, 0) is 30.7 Å². The van der Waals surface area contributed by atoms with Gasteiger partial charge in [-0.2, -0.15) is 4.31 Å². The molecule has 0 radical (unpaired) electrons. The standard InChI is InChI=1S/C15H26N2O3S/c1-5-10-17(7-3)21(18,19)15-9-8-13(12-16-6-2)11-14(15)20-4/h8-9,11,16H,5-7,10,12H2,1-4H3. The number of benzene rings is 1. The molecule has 0 aromatic heterocycles. The molecule has 0 saturated carbocycles. The smallest absolute Gasteiger partial charge is 0.246 e. The SMILES string of the molecule is CCCN(CC)S(=O)(=O)c1ccc(CNCC)cc1OC. The van der Waals surface area contributed by atoms with Crippen molar-refractivity contribution >= 4 is 10.0 Å². The van der Waals surface area contributed by atoms with Crippen LogP contribution >= 0.6 is 0 Å². The van der Waals surface area contributed by atoms with E-state index in [9.17, 15) is 8.42 Å². The summed E-state index contributed by atoms with van der Waals surface area (Å²) in [4.78, 5) is 0.237. The van der Waals surface area contributed by atoms with Crippen LogP contribution in [-0.2, 0) is 16.6 Å². The number of hydrogen-bond acceptors (Lipinski definition) is 4. The first-order valence-corrected chi connectivity index (χ1v) is 8.82. The maximum absolute atomic E-state index is 12.7. The van der Waals surface area contributed by atoms with Gasteiger partial charge in [0.25, 0.3) is 0 Å². The Morgan fingerprint density at radius 3 is 2.48 bits per heavy atom. The molecule has 1 rings (SSSR count). The van der Waals surface area contributed by atoms with Crippen LogP contribution in [-0.4, -0.2) is 39.5 Å². The Balaban J connectivity index is 3.16. The third-order valence-electron chi connectivity index (χ3n) is 3.25. The Labute approximate surface area is 128 Å². The van der Waals surface area contributed by atoms with Gasteiger partial charge in [-0.1, -0.05) is 26.8 Å². The molecule has 0 unspecified atom stereocenters. The highest BCUT2D eigenvalue weighted by Gasteiger charge is 2.26. The van der Waals surface area contributed by atoms with Gasteiger partial charge < -0.3 is 10.1 Å². The predicted octanol–water partition coefficient (Wildman–Crippen LogP) is 2.23. The summed E-state index contributed by atoms with van der Waals surface area (Å²) in [6.07, 6.45) is 0.786. The van der Waals surface area contributed by atoms with E-state index in [1.54, 1.807) is 12.1 Å². The van der Waals surface area contributed by atoms with Crippen molar-refractivity contribution in [1.29, 1.82) is 0 Å². The van der Waals surface area contributed by atoms with Crippen molar-refractivity contribution in [1.82, 2.24) is 9.62 Å². The third-order valence-corrected chi connectivity index (χ3v) is 5.26. The maximum atomic E-state index is 12.7. The molecule has 0 aliphatic carbocycles. The van der Waals surface area contributed by atoms with Crippen molar-refractivity contribution in [3.05, 3.63) is 23.8 Å². The zero-order valence-corrected chi connectivity index (χ0v) is 14.2. The van der Waals surface area contributed by atoms with Crippen LogP contribution in [0.25, 0.3) is 0 Å². The van der Waals surface area contributed by atoms with Gasteiger partial charge in [0.05, 0.1) is 7.11 Å².